The molecule has 0 unspecified atom stereocenters. The molecule has 4 rings (SSSR count). The SMILES string of the molecule is CN(CC(=O)Nc1ccc(Cc2ccccc2)cc1)C1CCN(Cc2ccc(C(=O)O)cc2)CC1. The molecule has 3 aromatic rings. The Morgan fingerprint density at radius 3 is 2.11 bits per heavy atom. The first-order chi connectivity index (χ1) is 17.0. The molecule has 182 valence electrons. The summed E-state index contributed by atoms with van der Waals surface area (Å²) in [6.45, 7) is 3.10. The van der Waals surface area contributed by atoms with Crippen LogP contribution in [0.1, 0.15) is 39.9 Å². The third-order valence-electron chi connectivity index (χ3n) is 6.67. The zero-order valence-corrected chi connectivity index (χ0v) is 20.2. The predicted molar refractivity (Wildman–Crippen MR) is 139 cm³/mol. The molecule has 3 aromatic carbocycles. The van der Waals surface area contributed by atoms with E-state index in [0.29, 0.717) is 18.2 Å². The van der Waals surface area contributed by atoms with Crippen LogP contribution < -0.4 is 5.32 Å². The van der Waals surface area contributed by atoms with E-state index in [1.807, 2.05) is 49.5 Å². The number of piperidine rings is 1. The van der Waals surface area contributed by atoms with E-state index in [2.05, 4.69) is 39.4 Å². The van der Waals surface area contributed by atoms with Gasteiger partial charge in [0.15, 0.2) is 0 Å². The second-order valence-electron chi connectivity index (χ2n) is 9.33. The van der Waals surface area contributed by atoms with Crippen molar-refractivity contribution < 1.29 is 14.7 Å². The quantitative estimate of drug-likeness (QED) is 0.480. The van der Waals surface area contributed by atoms with Crippen molar-refractivity contribution in [2.45, 2.75) is 31.8 Å². The zero-order chi connectivity index (χ0) is 24.6. The number of benzene rings is 3. The first-order valence-electron chi connectivity index (χ1n) is 12.1. The van der Waals surface area contributed by atoms with Crippen molar-refractivity contribution in [1.29, 1.82) is 0 Å². The fourth-order valence-corrected chi connectivity index (χ4v) is 4.62. The Bertz CT molecular complexity index is 1110. The summed E-state index contributed by atoms with van der Waals surface area (Å²) in [5.41, 5.74) is 4.75. The van der Waals surface area contributed by atoms with Gasteiger partial charge < -0.3 is 10.4 Å². The van der Waals surface area contributed by atoms with Crippen LogP contribution in [0.25, 0.3) is 0 Å². The lowest BCUT2D eigenvalue weighted by atomic mass is 10.0. The largest absolute Gasteiger partial charge is 0.478 e. The van der Waals surface area contributed by atoms with E-state index in [-0.39, 0.29) is 5.91 Å². The van der Waals surface area contributed by atoms with Gasteiger partial charge in [0.2, 0.25) is 5.91 Å². The van der Waals surface area contributed by atoms with E-state index in [9.17, 15) is 9.59 Å². The van der Waals surface area contributed by atoms with Gasteiger partial charge in [0, 0.05) is 18.3 Å². The molecule has 0 aliphatic carbocycles. The highest BCUT2D eigenvalue weighted by molar-refractivity contribution is 5.92. The molecule has 0 aromatic heterocycles. The maximum Gasteiger partial charge on any atom is 0.335 e. The van der Waals surface area contributed by atoms with Gasteiger partial charge in [-0.1, -0.05) is 54.6 Å². The van der Waals surface area contributed by atoms with E-state index in [4.69, 9.17) is 5.11 Å². The van der Waals surface area contributed by atoms with E-state index in [0.717, 1.165) is 50.1 Å². The monoisotopic (exact) mass is 471 g/mol. The highest BCUT2D eigenvalue weighted by Gasteiger charge is 2.23. The normalized spacial score (nSPS) is 14.7. The topological polar surface area (TPSA) is 72.9 Å². The van der Waals surface area contributed by atoms with Crippen molar-refractivity contribution in [3.05, 3.63) is 101 Å². The summed E-state index contributed by atoms with van der Waals surface area (Å²) in [5.74, 6) is -0.895. The second-order valence-corrected chi connectivity index (χ2v) is 9.33. The van der Waals surface area contributed by atoms with Crippen LogP contribution in [0.5, 0.6) is 0 Å². The number of aromatic carboxylic acids is 1. The number of amides is 1. The van der Waals surface area contributed by atoms with Crippen LogP contribution in [0.4, 0.5) is 5.69 Å². The average molecular weight is 472 g/mol. The van der Waals surface area contributed by atoms with Gasteiger partial charge in [-0.05, 0) is 80.4 Å². The van der Waals surface area contributed by atoms with Crippen LogP contribution in [0.3, 0.4) is 0 Å². The highest BCUT2D eigenvalue weighted by atomic mass is 16.4. The molecule has 6 nitrogen and oxygen atoms in total. The van der Waals surface area contributed by atoms with E-state index >= 15 is 0 Å². The maximum atomic E-state index is 12.6. The standard InChI is InChI=1S/C29H33N3O3/c1-31(27-15-17-32(18-16-27)20-24-7-11-25(12-8-24)29(34)35)21-28(33)30-26-13-9-23(10-14-26)19-22-5-3-2-4-6-22/h2-14,27H,15-21H2,1H3,(H,30,33)(H,34,35). The van der Waals surface area contributed by atoms with Gasteiger partial charge in [0.05, 0.1) is 12.1 Å². The highest BCUT2D eigenvalue weighted by Crippen LogP contribution is 2.19. The summed E-state index contributed by atoms with van der Waals surface area (Å²) in [6, 6.07) is 25.9. The Labute approximate surface area is 207 Å². The first kappa shape index (κ1) is 24.6. The van der Waals surface area contributed by atoms with Gasteiger partial charge in [-0.15, -0.1) is 0 Å². The fraction of sp³-hybridized carbons (Fsp3) is 0.310. The number of rotatable bonds is 9. The number of hydrogen-bond donors (Lipinski definition) is 2. The number of carboxylic acids is 1. The molecule has 1 fully saturated rings. The summed E-state index contributed by atoms with van der Waals surface area (Å²) in [4.78, 5) is 28.2. The molecule has 1 aliphatic heterocycles. The number of nitrogens with zero attached hydrogens (tertiary/aromatic N) is 2. The summed E-state index contributed by atoms with van der Waals surface area (Å²) in [7, 11) is 2.02. The third-order valence-corrected chi connectivity index (χ3v) is 6.67. The molecule has 0 saturated carbocycles. The molecule has 0 atom stereocenters. The van der Waals surface area contributed by atoms with E-state index < -0.39 is 5.97 Å². The molecule has 1 amide bonds. The second kappa shape index (κ2) is 11.8. The molecule has 1 saturated heterocycles. The fourth-order valence-electron chi connectivity index (χ4n) is 4.62. The van der Waals surface area contributed by atoms with Crippen molar-refractivity contribution >= 4 is 17.6 Å². The van der Waals surface area contributed by atoms with Crippen molar-refractivity contribution in [2.24, 2.45) is 0 Å². The van der Waals surface area contributed by atoms with Crippen molar-refractivity contribution in [3.63, 3.8) is 0 Å². The van der Waals surface area contributed by atoms with Crippen molar-refractivity contribution in [3.8, 4) is 0 Å². The lowest BCUT2D eigenvalue weighted by molar-refractivity contribution is -0.117. The molecular formula is C29H33N3O3. The number of carbonyl (C=O) groups is 2. The third kappa shape index (κ3) is 7.25. The number of anilines is 1. The lowest BCUT2D eigenvalue weighted by Gasteiger charge is -2.36. The van der Waals surface area contributed by atoms with Crippen molar-refractivity contribution in [1.82, 2.24) is 9.80 Å². The average Bonchev–Trinajstić information content (AvgIpc) is 2.86. The molecule has 1 heterocycles. The summed E-state index contributed by atoms with van der Waals surface area (Å²) in [6.07, 6.45) is 2.89. The molecule has 2 N–H and O–H groups in total. The van der Waals surface area contributed by atoms with Crippen LogP contribution in [-0.4, -0.2) is 59.5 Å². The number of hydrogen-bond acceptors (Lipinski definition) is 4. The maximum absolute atomic E-state index is 12.6. The van der Waals surface area contributed by atoms with Crippen molar-refractivity contribution in [2.75, 3.05) is 32.0 Å². The minimum Gasteiger partial charge on any atom is -0.478 e. The number of nitrogens with one attached hydrogen (secondary N) is 1. The molecule has 0 radical (unpaired) electrons. The Kier molecular flexibility index (Phi) is 8.29. The molecule has 0 bridgehead atoms. The Hall–Kier alpha value is -3.48. The first-order valence-corrected chi connectivity index (χ1v) is 12.1. The molecular weight excluding hydrogens is 438 g/mol. The smallest absolute Gasteiger partial charge is 0.335 e. The van der Waals surface area contributed by atoms with Crippen LogP contribution in [0.2, 0.25) is 0 Å². The Morgan fingerprint density at radius 2 is 1.49 bits per heavy atom. The van der Waals surface area contributed by atoms with Crippen LogP contribution in [-0.2, 0) is 17.8 Å². The minimum atomic E-state index is -0.899. The molecule has 1 aliphatic rings. The van der Waals surface area contributed by atoms with Crippen LogP contribution in [0.15, 0.2) is 78.9 Å². The Balaban J connectivity index is 1.19. The van der Waals surface area contributed by atoms with Gasteiger partial charge in [-0.3, -0.25) is 14.6 Å². The van der Waals surface area contributed by atoms with Gasteiger partial charge in [-0.25, -0.2) is 4.79 Å². The molecule has 6 heteroatoms. The number of carboxylic acid groups (broad SMARTS) is 1. The van der Waals surface area contributed by atoms with Gasteiger partial charge in [0.1, 0.15) is 0 Å². The van der Waals surface area contributed by atoms with Gasteiger partial charge >= 0.3 is 5.97 Å². The summed E-state index contributed by atoms with van der Waals surface area (Å²) >= 11 is 0. The Morgan fingerprint density at radius 1 is 0.886 bits per heavy atom. The van der Waals surface area contributed by atoms with E-state index in [1.54, 1.807) is 12.1 Å². The number of likely N-dealkylation sites (N-methyl/N-ethyl adjacent to an activating group) is 1. The predicted octanol–water partition coefficient (Wildman–Crippen LogP) is 4.51. The summed E-state index contributed by atoms with van der Waals surface area (Å²) in [5, 5.41) is 12.1. The number of carbonyl (C=O) groups excluding carboxylic acids is 1. The van der Waals surface area contributed by atoms with Crippen LogP contribution >= 0.6 is 0 Å². The van der Waals surface area contributed by atoms with Gasteiger partial charge in [0.25, 0.3) is 0 Å². The number of likely N-dealkylation sites (tertiary alicyclic amines) is 1. The lowest BCUT2D eigenvalue weighted by Crippen LogP contribution is -2.45. The van der Waals surface area contributed by atoms with Crippen LogP contribution in [0, 0.1) is 0 Å². The molecule has 35 heavy (non-hydrogen) atoms. The van der Waals surface area contributed by atoms with E-state index in [1.165, 1.54) is 11.1 Å². The zero-order valence-electron chi connectivity index (χ0n) is 20.2. The minimum absolute atomic E-state index is 0.00394. The van der Waals surface area contributed by atoms with Gasteiger partial charge in [-0.2, -0.15) is 0 Å². The summed E-state index contributed by atoms with van der Waals surface area (Å²) < 4.78 is 0. The molecule has 0 spiro atoms.